The van der Waals surface area contributed by atoms with Crippen LogP contribution in [0.1, 0.15) is 34.0 Å². The third kappa shape index (κ3) is 5.59. The highest BCUT2D eigenvalue weighted by molar-refractivity contribution is 9.10. The number of benzodiazepines with no additional fused rings is 1. The van der Waals surface area contributed by atoms with Gasteiger partial charge in [-0.15, -0.1) is 10.2 Å². The lowest BCUT2D eigenvalue weighted by molar-refractivity contribution is -0.114. The van der Waals surface area contributed by atoms with E-state index in [4.69, 9.17) is 16.6 Å². The van der Waals surface area contributed by atoms with Gasteiger partial charge in [0.25, 0.3) is 0 Å². The lowest BCUT2D eigenvalue weighted by Crippen LogP contribution is -2.13. The molecule has 0 aliphatic carbocycles. The van der Waals surface area contributed by atoms with Gasteiger partial charge in [0, 0.05) is 32.4 Å². The molecule has 2 aliphatic rings. The molecule has 0 atom stereocenters. The Morgan fingerprint density at radius 3 is 2.46 bits per heavy atom. The lowest BCUT2D eigenvalue weighted by atomic mass is 10.0. The van der Waals surface area contributed by atoms with Crippen molar-refractivity contribution in [1.82, 2.24) is 19.7 Å². The molecule has 3 aromatic carbocycles. The summed E-state index contributed by atoms with van der Waals surface area (Å²) in [6.45, 7) is 2.55. The number of halogens is 2. The molecule has 0 fully saturated rings. The van der Waals surface area contributed by atoms with Gasteiger partial charge in [-0.05, 0) is 55.5 Å². The fraction of sp³-hybridized carbons (Fsp3) is 0.0968. The van der Waals surface area contributed by atoms with Gasteiger partial charge in [-0.2, -0.15) is 0 Å². The molecule has 0 radical (unpaired) electrons. The van der Waals surface area contributed by atoms with E-state index in [9.17, 15) is 4.79 Å². The van der Waals surface area contributed by atoms with E-state index in [1.165, 1.54) is 0 Å². The van der Waals surface area contributed by atoms with Crippen LogP contribution in [0.25, 0.3) is 5.69 Å². The minimum atomic E-state index is -0.116. The van der Waals surface area contributed by atoms with Crippen LogP contribution in [0.4, 0.5) is 5.69 Å². The maximum Gasteiger partial charge on any atom is 0.246 e. The summed E-state index contributed by atoms with van der Waals surface area (Å²) >= 11 is 9.67. The Morgan fingerprint density at radius 1 is 0.854 bits per heavy atom. The van der Waals surface area contributed by atoms with Gasteiger partial charge in [0.05, 0.1) is 28.5 Å². The number of aryl methyl sites for hydroxylation is 1. The number of fused-ring (bicyclic) bond motifs is 4. The van der Waals surface area contributed by atoms with Gasteiger partial charge in [-0.25, -0.2) is 0 Å². The molecule has 0 bridgehead atoms. The Labute approximate surface area is 250 Å². The summed E-state index contributed by atoms with van der Waals surface area (Å²) in [5, 5.41) is 11.9. The van der Waals surface area contributed by atoms with Gasteiger partial charge in [0.2, 0.25) is 5.91 Å². The molecular weight excluding hydrogens is 602 g/mol. The van der Waals surface area contributed by atoms with Crippen LogP contribution in [-0.2, 0) is 11.3 Å². The van der Waals surface area contributed by atoms with Crippen LogP contribution in [0, 0.1) is 6.92 Å². The van der Waals surface area contributed by atoms with Crippen LogP contribution in [0.5, 0.6) is 0 Å². The number of rotatable bonds is 2. The zero-order chi connectivity index (χ0) is 28.3. The number of amides is 1. The zero-order valence-corrected chi connectivity index (χ0v) is 24.3. The number of aromatic nitrogens is 4. The first-order valence-corrected chi connectivity index (χ1v) is 14.0. The minimum Gasteiger partial charge on any atom is -0.324 e. The van der Waals surface area contributed by atoms with E-state index in [-0.39, 0.29) is 12.5 Å². The third-order valence-corrected chi connectivity index (χ3v) is 7.30. The van der Waals surface area contributed by atoms with Crippen molar-refractivity contribution >= 4 is 50.5 Å². The molecule has 0 saturated carbocycles. The SMILES string of the molecule is Cc1nnc2n1-c1ccc(Cl)cc1C(c1ccccc1)=NC2.O=C1CN=C(c2ccccn2)c2cc(Br)ccc2N1. The zero-order valence-electron chi connectivity index (χ0n) is 21.9. The molecule has 202 valence electrons. The number of benzene rings is 3. The number of hydrogen-bond acceptors (Lipinski definition) is 6. The molecule has 0 saturated heterocycles. The van der Waals surface area contributed by atoms with E-state index < -0.39 is 0 Å². The van der Waals surface area contributed by atoms with E-state index in [1.54, 1.807) is 6.20 Å². The number of nitrogens with zero attached hydrogens (tertiary/aromatic N) is 6. The smallest absolute Gasteiger partial charge is 0.246 e. The molecule has 8 nitrogen and oxygen atoms in total. The Kier molecular flexibility index (Phi) is 7.54. The van der Waals surface area contributed by atoms with Gasteiger partial charge in [-0.1, -0.05) is 63.9 Å². The summed E-state index contributed by atoms with van der Waals surface area (Å²) in [6, 6.07) is 27.3. The Hall–Kier alpha value is -4.47. The van der Waals surface area contributed by atoms with Crippen molar-refractivity contribution in [2.24, 2.45) is 9.98 Å². The van der Waals surface area contributed by atoms with Gasteiger partial charge < -0.3 is 5.32 Å². The summed E-state index contributed by atoms with van der Waals surface area (Å²) in [5.74, 6) is 1.57. The molecule has 10 heteroatoms. The molecule has 0 unspecified atom stereocenters. The van der Waals surface area contributed by atoms with E-state index >= 15 is 0 Å². The van der Waals surface area contributed by atoms with Crippen LogP contribution in [0.15, 0.2) is 106 Å². The van der Waals surface area contributed by atoms with Gasteiger partial charge in [-0.3, -0.25) is 24.3 Å². The largest absolute Gasteiger partial charge is 0.324 e. The van der Waals surface area contributed by atoms with E-state index in [1.807, 2.05) is 84.3 Å². The second kappa shape index (κ2) is 11.6. The maximum atomic E-state index is 11.7. The van der Waals surface area contributed by atoms with Gasteiger partial charge in [0.15, 0.2) is 5.82 Å². The first kappa shape index (κ1) is 26.7. The van der Waals surface area contributed by atoms with Gasteiger partial charge in [0.1, 0.15) is 18.9 Å². The normalized spacial score (nSPS) is 13.6. The molecular formula is C31H23BrClN7O. The molecule has 5 aromatic rings. The number of aliphatic imine (C=N–C) groups is 2. The Morgan fingerprint density at radius 2 is 1.66 bits per heavy atom. The number of anilines is 1. The fourth-order valence-electron chi connectivity index (χ4n) is 4.76. The fourth-order valence-corrected chi connectivity index (χ4v) is 5.29. The molecule has 2 aromatic heterocycles. The minimum absolute atomic E-state index is 0.109. The monoisotopic (exact) mass is 623 g/mol. The quantitative estimate of drug-likeness (QED) is 0.252. The van der Waals surface area contributed by atoms with Crippen molar-refractivity contribution in [2.75, 3.05) is 11.9 Å². The molecule has 0 spiro atoms. The van der Waals surface area contributed by atoms with Crippen molar-refractivity contribution in [1.29, 1.82) is 0 Å². The molecule has 4 heterocycles. The summed E-state index contributed by atoms with van der Waals surface area (Å²) < 4.78 is 2.98. The van der Waals surface area contributed by atoms with Crippen LogP contribution in [0.3, 0.4) is 0 Å². The number of nitrogens with one attached hydrogen (secondary N) is 1. The topological polar surface area (TPSA) is 97.4 Å². The van der Waals surface area contributed by atoms with E-state index in [0.717, 1.165) is 61.3 Å². The standard InChI is InChI=1S/C17H13ClN4.C14H10BrN3O/c1-11-20-21-16-10-19-17(12-5-3-2-4-6-12)14-9-13(18)7-8-15(14)22(11)16;15-9-4-5-11-10(7-9)14(17-8-13(19)18-11)12-3-1-2-6-16-12/h2-9H,10H2,1H3;1-7H,8H2,(H,18,19). The average molecular weight is 625 g/mol. The molecule has 7 rings (SSSR count). The highest BCUT2D eigenvalue weighted by Crippen LogP contribution is 2.28. The second-order valence-corrected chi connectivity index (χ2v) is 10.7. The van der Waals surface area contributed by atoms with Crippen LogP contribution >= 0.6 is 27.5 Å². The van der Waals surface area contributed by atoms with Crippen LogP contribution in [-0.4, -0.2) is 43.6 Å². The maximum absolute atomic E-state index is 11.7. The van der Waals surface area contributed by atoms with Gasteiger partial charge >= 0.3 is 0 Å². The van der Waals surface area contributed by atoms with Crippen molar-refractivity contribution in [3.63, 3.8) is 0 Å². The predicted molar refractivity (Wildman–Crippen MR) is 164 cm³/mol. The highest BCUT2D eigenvalue weighted by Gasteiger charge is 2.22. The van der Waals surface area contributed by atoms with Crippen LogP contribution < -0.4 is 5.32 Å². The van der Waals surface area contributed by atoms with Crippen molar-refractivity contribution in [3.05, 3.63) is 135 Å². The molecule has 1 amide bonds. The van der Waals surface area contributed by atoms with Crippen molar-refractivity contribution in [2.45, 2.75) is 13.5 Å². The number of carbonyl (C=O) groups is 1. The highest BCUT2D eigenvalue weighted by atomic mass is 79.9. The first-order valence-electron chi connectivity index (χ1n) is 12.8. The second-order valence-electron chi connectivity index (χ2n) is 9.31. The Balaban J connectivity index is 0.000000149. The number of carbonyl (C=O) groups excluding carboxylic acids is 1. The summed E-state index contributed by atoms with van der Waals surface area (Å²) in [6.07, 6.45) is 1.72. The van der Waals surface area contributed by atoms with Crippen LogP contribution in [0.2, 0.25) is 5.02 Å². The third-order valence-electron chi connectivity index (χ3n) is 6.57. The number of pyridine rings is 1. The Bertz CT molecular complexity index is 1820. The predicted octanol–water partition coefficient (Wildman–Crippen LogP) is 6.21. The van der Waals surface area contributed by atoms with Crippen molar-refractivity contribution in [3.8, 4) is 5.69 Å². The molecule has 2 aliphatic heterocycles. The van der Waals surface area contributed by atoms with E-state index in [0.29, 0.717) is 11.6 Å². The lowest BCUT2D eigenvalue weighted by Gasteiger charge is -2.12. The summed E-state index contributed by atoms with van der Waals surface area (Å²) in [7, 11) is 0. The summed E-state index contributed by atoms with van der Waals surface area (Å²) in [5.41, 5.74) is 7.15. The average Bonchev–Trinajstić information content (AvgIpc) is 3.16. The molecule has 1 N–H and O–H groups in total. The summed E-state index contributed by atoms with van der Waals surface area (Å²) in [4.78, 5) is 25.1. The van der Waals surface area contributed by atoms with Crippen molar-refractivity contribution < 1.29 is 4.79 Å². The molecule has 41 heavy (non-hydrogen) atoms. The van der Waals surface area contributed by atoms with E-state index in [2.05, 4.69) is 53.6 Å². The number of hydrogen-bond donors (Lipinski definition) is 1. The first-order chi connectivity index (χ1) is 20.0.